The van der Waals surface area contributed by atoms with Gasteiger partial charge in [0.2, 0.25) is 0 Å². The van der Waals surface area contributed by atoms with Gasteiger partial charge in [-0.2, -0.15) is 4.99 Å². The summed E-state index contributed by atoms with van der Waals surface area (Å²) in [5, 5.41) is 0. The van der Waals surface area contributed by atoms with E-state index in [1.165, 1.54) is 17.4 Å². The summed E-state index contributed by atoms with van der Waals surface area (Å²) in [6, 6.07) is 13.9. The number of halogens is 1. The van der Waals surface area contributed by atoms with E-state index in [-0.39, 0.29) is 12.4 Å². The number of carbonyl (C=O) groups is 1. The van der Waals surface area contributed by atoms with Crippen molar-refractivity contribution in [3.05, 3.63) is 71.8 Å². The molecule has 1 heterocycles. The van der Waals surface area contributed by atoms with Crippen LogP contribution in [0.2, 0.25) is 0 Å². The number of hydrogen-bond acceptors (Lipinski definition) is 3. The second-order valence-corrected chi connectivity index (χ2v) is 5.99. The summed E-state index contributed by atoms with van der Waals surface area (Å²) in [5.74, 6) is -0.175. The third-order valence-corrected chi connectivity index (χ3v) is 4.33. The fourth-order valence-electron chi connectivity index (χ4n) is 2.27. The Morgan fingerprint density at radius 2 is 2.04 bits per heavy atom. The van der Waals surface area contributed by atoms with E-state index in [0.29, 0.717) is 22.6 Å². The molecule has 6 heteroatoms. The van der Waals surface area contributed by atoms with Gasteiger partial charge in [0.15, 0.2) is 11.4 Å². The van der Waals surface area contributed by atoms with Crippen LogP contribution in [0.1, 0.15) is 0 Å². The first-order chi connectivity index (χ1) is 11.7. The van der Waals surface area contributed by atoms with Crippen molar-refractivity contribution in [2.45, 2.75) is 6.54 Å². The average molecular weight is 342 g/mol. The zero-order chi connectivity index (χ0) is 16.9. The molecular formula is C18H15FN2O2S. The standard InChI is InChI=1S/C18H15FN2O2S/c1-2-11-21-17-14(19)9-6-10-15(17)24-18(21)20-16(22)12-23-13-7-4-3-5-8-13/h2-10H,1,11-12H2. The van der Waals surface area contributed by atoms with Crippen LogP contribution in [0.4, 0.5) is 4.39 Å². The molecule has 0 radical (unpaired) electrons. The number of hydrogen-bond donors (Lipinski definition) is 0. The number of nitrogens with zero attached hydrogens (tertiary/aromatic N) is 2. The molecule has 0 bridgehead atoms. The number of benzene rings is 2. The van der Waals surface area contributed by atoms with Crippen LogP contribution < -0.4 is 9.54 Å². The minimum absolute atomic E-state index is 0.172. The molecule has 0 N–H and O–H groups in total. The first-order valence-electron chi connectivity index (χ1n) is 7.33. The second-order valence-electron chi connectivity index (χ2n) is 4.98. The zero-order valence-corrected chi connectivity index (χ0v) is 13.6. The van der Waals surface area contributed by atoms with Crippen LogP contribution in [0.25, 0.3) is 10.2 Å². The van der Waals surface area contributed by atoms with Gasteiger partial charge in [-0.1, -0.05) is 41.7 Å². The van der Waals surface area contributed by atoms with Gasteiger partial charge in [0, 0.05) is 6.54 Å². The maximum Gasteiger partial charge on any atom is 0.286 e. The third-order valence-electron chi connectivity index (χ3n) is 3.29. The smallest absolute Gasteiger partial charge is 0.286 e. The number of amides is 1. The highest BCUT2D eigenvalue weighted by atomic mass is 32.1. The molecular weight excluding hydrogens is 327 g/mol. The Morgan fingerprint density at radius 3 is 2.79 bits per heavy atom. The predicted octanol–water partition coefficient (Wildman–Crippen LogP) is 3.53. The molecule has 0 unspecified atom stereocenters. The van der Waals surface area contributed by atoms with Crippen molar-refractivity contribution in [3.63, 3.8) is 0 Å². The number of para-hydroxylation sites is 2. The average Bonchev–Trinajstić information content (AvgIpc) is 2.93. The van der Waals surface area contributed by atoms with Gasteiger partial charge >= 0.3 is 0 Å². The SMILES string of the molecule is C=CCn1c(=NC(=O)COc2ccccc2)sc2cccc(F)c21. The zero-order valence-electron chi connectivity index (χ0n) is 12.8. The van der Waals surface area contributed by atoms with Crippen molar-refractivity contribution in [3.8, 4) is 5.75 Å². The van der Waals surface area contributed by atoms with Crippen molar-refractivity contribution in [2.75, 3.05) is 6.61 Å². The molecule has 0 fully saturated rings. The van der Waals surface area contributed by atoms with Crippen molar-refractivity contribution < 1.29 is 13.9 Å². The van der Waals surface area contributed by atoms with Gasteiger partial charge in [-0.25, -0.2) is 4.39 Å². The molecule has 1 aromatic heterocycles. The van der Waals surface area contributed by atoms with E-state index in [4.69, 9.17) is 4.74 Å². The van der Waals surface area contributed by atoms with Gasteiger partial charge in [0.05, 0.1) is 10.2 Å². The van der Waals surface area contributed by atoms with Gasteiger partial charge in [-0.3, -0.25) is 4.79 Å². The lowest BCUT2D eigenvalue weighted by molar-refractivity contribution is -0.120. The highest BCUT2D eigenvalue weighted by Crippen LogP contribution is 2.20. The maximum absolute atomic E-state index is 14.1. The van der Waals surface area contributed by atoms with E-state index < -0.39 is 5.91 Å². The van der Waals surface area contributed by atoms with Crippen LogP contribution >= 0.6 is 11.3 Å². The fourth-order valence-corrected chi connectivity index (χ4v) is 3.34. The first kappa shape index (κ1) is 16.1. The first-order valence-corrected chi connectivity index (χ1v) is 8.15. The Morgan fingerprint density at radius 1 is 1.25 bits per heavy atom. The Hall–Kier alpha value is -2.73. The highest BCUT2D eigenvalue weighted by Gasteiger charge is 2.11. The van der Waals surface area contributed by atoms with Crippen LogP contribution in [0.5, 0.6) is 5.75 Å². The topological polar surface area (TPSA) is 43.6 Å². The maximum atomic E-state index is 14.1. The van der Waals surface area contributed by atoms with E-state index in [1.54, 1.807) is 34.9 Å². The molecule has 0 saturated heterocycles. The summed E-state index contributed by atoms with van der Waals surface area (Å²) in [6.07, 6.45) is 1.64. The number of ether oxygens (including phenoxy) is 1. The molecule has 0 atom stereocenters. The van der Waals surface area contributed by atoms with Gasteiger partial charge in [-0.05, 0) is 24.3 Å². The van der Waals surface area contributed by atoms with Gasteiger partial charge in [0.25, 0.3) is 5.91 Å². The van der Waals surface area contributed by atoms with Crippen molar-refractivity contribution in [1.82, 2.24) is 4.57 Å². The molecule has 1 amide bonds. The molecule has 3 rings (SSSR count). The molecule has 4 nitrogen and oxygen atoms in total. The van der Waals surface area contributed by atoms with Gasteiger partial charge in [0.1, 0.15) is 11.6 Å². The summed E-state index contributed by atoms with van der Waals surface area (Å²) < 4.78 is 21.9. The predicted molar refractivity (Wildman–Crippen MR) is 92.5 cm³/mol. The van der Waals surface area contributed by atoms with Gasteiger partial charge < -0.3 is 9.30 Å². The summed E-state index contributed by atoms with van der Waals surface area (Å²) >= 11 is 1.26. The number of aromatic nitrogens is 1. The van der Waals surface area contributed by atoms with Crippen molar-refractivity contribution in [1.29, 1.82) is 0 Å². The summed E-state index contributed by atoms with van der Waals surface area (Å²) in [4.78, 5) is 16.6. The van der Waals surface area contributed by atoms with Crippen molar-refractivity contribution in [2.24, 2.45) is 4.99 Å². The van der Waals surface area contributed by atoms with Crippen LogP contribution in [-0.2, 0) is 11.3 Å². The minimum atomic E-state index is -0.427. The fraction of sp³-hybridized carbons (Fsp3) is 0.111. The Labute approximate surface area is 142 Å². The summed E-state index contributed by atoms with van der Waals surface area (Å²) in [5.41, 5.74) is 0.429. The van der Waals surface area contributed by atoms with E-state index >= 15 is 0 Å². The van der Waals surface area contributed by atoms with Crippen LogP contribution in [0.3, 0.4) is 0 Å². The molecule has 0 aliphatic carbocycles. The van der Waals surface area contributed by atoms with Crippen LogP contribution in [0.15, 0.2) is 66.2 Å². The second kappa shape index (κ2) is 7.23. The monoisotopic (exact) mass is 342 g/mol. The lowest BCUT2D eigenvalue weighted by atomic mass is 10.3. The van der Waals surface area contributed by atoms with Crippen molar-refractivity contribution >= 4 is 27.5 Å². The quantitative estimate of drug-likeness (QED) is 0.666. The molecule has 3 aromatic rings. The van der Waals surface area contributed by atoms with Gasteiger partial charge in [-0.15, -0.1) is 6.58 Å². The van der Waals surface area contributed by atoms with E-state index in [0.717, 1.165) is 4.70 Å². The van der Waals surface area contributed by atoms with Crippen LogP contribution in [-0.4, -0.2) is 17.1 Å². The number of carbonyl (C=O) groups excluding carboxylic acids is 1. The lowest BCUT2D eigenvalue weighted by Gasteiger charge is -2.03. The molecule has 122 valence electrons. The minimum Gasteiger partial charge on any atom is -0.484 e. The summed E-state index contributed by atoms with van der Waals surface area (Å²) in [7, 11) is 0. The number of fused-ring (bicyclic) bond motifs is 1. The third kappa shape index (κ3) is 3.44. The molecule has 0 spiro atoms. The molecule has 0 aliphatic rings. The lowest BCUT2D eigenvalue weighted by Crippen LogP contribution is -2.19. The number of rotatable bonds is 5. The highest BCUT2D eigenvalue weighted by molar-refractivity contribution is 7.16. The Kier molecular flexibility index (Phi) is 4.86. The van der Waals surface area contributed by atoms with E-state index in [9.17, 15) is 9.18 Å². The Balaban J connectivity index is 1.91. The largest absolute Gasteiger partial charge is 0.484 e. The number of allylic oxidation sites excluding steroid dienone is 1. The molecule has 0 saturated carbocycles. The number of thiazole rings is 1. The van der Waals surface area contributed by atoms with Crippen LogP contribution in [0, 0.1) is 5.82 Å². The molecule has 24 heavy (non-hydrogen) atoms. The molecule has 0 aliphatic heterocycles. The van der Waals surface area contributed by atoms with E-state index in [1.807, 2.05) is 18.2 Å². The normalized spacial score (nSPS) is 11.6. The van der Waals surface area contributed by atoms with E-state index in [2.05, 4.69) is 11.6 Å². The molecule has 2 aromatic carbocycles. The summed E-state index contributed by atoms with van der Waals surface area (Å²) in [6.45, 7) is 3.87. The Bertz CT molecular complexity index is 945.